The number of halogens is 2. The van der Waals surface area contributed by atoms with Crippen molar-refractivity contribution in [1.29, 1.82) is 5.26 Å². The molecule has 0 saturated carbocycles. The predicted molar refractivity (Wildman–Crippen MR) is 75.3 cm³/mol. The molecule has 2 rings (SSSR count). The Hall–Kier alpha value is -2.03. The van der Waals surface area contributed by atoms with E-state index in [2.05, 4.69) is 5.10 Å². The van der Waals surface area contributed by atoms with Crippen LogP contribution in [0, 0.1) is 11.3 Å². The van der Waals surface area contributed by atoms with Crippen LogP contribution in [0.25, 0.3) is 0 Å². The fourth-order valence-electron chi connectivity index (χ4n) is 1.66. The van der Waals surface area contributed by atoms with Crippen molar-refractivity contribution in [2.24, 2.45) is 0 Å². The van der Waals surface area contributed by atoms with Gasteiger partial charge in [-0.05, 0) is 17.7 Å². The van der Waals surface area contributed by atoms with Crippen LogP contribution in [0.5, 0.6) is 5.75 Å². The van der Waals surface area contributed by atoms with Crippen molar-refractivity contribution in [2.45, 2.75) is 6.54 Å². The number of ether oxygens (including phenoxy) is 1. The van der Waals surface area contributed by atoms with Gasteiger partial charge in [0.1, 0.15) is 16.8 Å². The van der Waals surface area contributed by atoms with Crippen molar-refractivity contribution >= 4 is 23.2 Å². The van der Waals surface area contributed by atoms with Crippen molar-refractivity contribution in [2.75, 3.05) is 7.11 Å². The van der Waals surface area contributed by atoms with E-state index in [1.807, 2.05) is 6.07 Å². The predicted octanol–water partition coefficient (Wildman–Crippen LogP) is 2.48. The van der Waals surface area contributed by atoms with Crippen molar-refractivity contribution in [3.8, 4) is 11.8 Å². The number of nitrogens with zero attached hydrogens (tertiary/aromatic N) is 3. The van der Waals surface area contributed by atoms with Gasteiger partial charge in [-0.3, -0.25) is 4.79 Å². The molecule has 0 saturated heterocycles. The third-order valence-corrected chi connectivity index (χ3v) is 3.41. The first-order chi connectivity index (χ1) is 9.56. The molecule has 1 aromatic carbocycles. The minimum absolute atomic E-state index is 0.0673. The van der Waals surface area contributed by atoms with Crippen molar-refractivity contribution in [3.05, 3.63) is 55.9 Å². The Labute approximate surface area is 124 Å². The van der Waals surface area contributed by atoms with E-state index in [0.29, 0.717) is 11.3 Å². The summed E-state index contributed by atoms with van der Waals surface area (Å²) in [4.78, 5) is 11.9. The molecule has 0 spiro atoms. The fraction of sp³-hybridized carbons (Fsp3) is 0.154. The van der Waals surface area contributed by atoms with Gasteiger partial charge in [0.15, 0.2) is 0 Å². The van der Waals surface area contributed by atoms with E-state index >= 15 is 0 Å². The average molecular weight is 310 g/mol. The number of methoxy groups -OCH3 is 1. The molecular weight excluding hydrogens is 301 g/mol. The largest absolute Gasteiger partial charge is 0.495 e. The minimum Gasteiger partial charge on any atom is -0.495 e. The van der Waals surface area contributed by atoms with Crippen LogP contribution in [0.2, 0.25) is 10.0 Å². The van der Waals surface area contributed by atoms with Gasteiger partial charge in [-0.15, -0.1) is 0 Å². The Kier molecular flexibility index (Phi) is 4.28. The minimum atomic E-state index is -0.470. The first kappa shape index (κ1) is 14.4. The van der Waals surface area contributed by atoms with E-state index in [-0.39, 0.29) is 16.6 Å². The van der Waals surface area contributed by atoms with Gasteiger partial charge in [0, 0.05) is 0 Å². The van der Waals surface area contributed by atoms with E-state index in [0.717, 1.165) is 5.56 Å². The maximum Gasteiger partial charge on any atom is 0.287 e. The Morgan fingerprint density at radius 2 is 2.20 bits per heavy atom. The summed E-state index contributed by atoms with van der Waals surface area (Å²) in [5.74, 6) is 0.443. The van der Waals surface area contributed by atoms with E-state index in [9.17, 15) is 4.79 Å². The molecule has 20 heavy (non-hydrogen) atoms. The molecule has 0 bridgehead atoms. The molecule has 0 aliphatic carbocycles. The number of hydrogen-bond acceptors (Lipinski definition) is 4. The van der Waals surface area contributed by atoms with E-state index < -0.39 is 5.56 Å². The van der Waals surface area contributed by atoms with Gasteiger partial charge in [0.25, 0.3) is 5.56 Å². The second-order valence-electron chi connectivity index (χ2n) is 3.92. The Bertz CT molecular complexity index is 750. The summed E-state index contributed by atoms with van der Waals surface area (Å²) >= 11 is 11.5. The second-order valence-corrected chi connectivity index (χ2v) is 4.70. The summed E-state index contributed by atoms with van der Waals surface area (Å²) in [5.41, 5.74) is 0.710. The van der Waals surface area contributed by atoms with Crippen molar-refractivity contribution < 1.29 is 4.74 Å². The van der Waals surface area contributed by atoms with Crippen LogP contribution in [0.3, 0.4) is 0 Å². The van der Waals surface area contributed by atoms with E-state index in [1.165, 1.54) is 18.0 Å². The van der Waals surface area contributed by atoms with Gasteiger partial charge >= 0.3 is 0 Å². The van der Waals surface area contributed by atoms with Crippen molar-refractivity contribution in [3.63, 3.8) is 0 Å². The zero-order chi connectivity index (χ0) is 14.7. The highest BCUT2D eigenvalue weighted by Crippen LogP contribution is 2.20. The third-order valence-electron chi connectivity index (χ3n) is 2.66. The number of hydrogen-bond donors (Lipinski definition) is 0. The van der Waals surface area contributed by atoms with Gasteiger partial charge in [-0.2, -0.15) is 10.4 Å². The summed E-state index contributed by atoms with van der Waals surface area (Å²) in [5, 5.41) is 12.9. The lowest BCUT2D eigenvalue weighted by Gasteiger charge is -2.08. The van der Waals surface area contributed by atoms with Crippen molar-refractivity contribution in [1.82, 2.24) is 9.78 Å². The average Bonchev–Trinajstić information content (AvgIpc) is 2.47. The molecule has 5 nitrogen and oxygen atoms in total. The van der Waals surface area contributed by atoms with Crippen LogP contribution in [-0.4, -0.2) is 16.9 Å². The van der Waals surface area contributed by atoms with Gasteiger partial charge in [-0.1, -0.05) is 29.3 Å². The topological polar surface area (TPSA) is 67.9 Å². The Balaban J connectivity index is 2.39. The zero-order valence-corrected chi connectivity index (χ0v) is 11.9. The lowest BCUT2D eigenvalue weighted by Crippen LogP contribution is -2.23. The molecule has 102 valence electrons. The van der Waals surface area contributed by atoms with E-state index in [4.69, 9.17) is 33.2 Å². The monoisotopic (exact) mass is 309 g/mol. The summed E-state index contributed by atoms with van der Waals surface area (Å²) in [7, 11) is 1.48. The Morgan fingerprint density at radius 1 is 1.45 bits per heavy atom. The SMILES string of the molecule is COc1cc(Cn2ncc(Cl)c(Cl)c2=O)ccc1C#N. The highest BCUT2D eigenvalue weighted by atomic mass is 35.5. The molecule has 0 radical (unpaired) electrons. The number of aromatic nitrogens is 2. The maximum atomic E-state index is 11.9. The van der Waals surface area contributed by atoms with Crippen LogP contribution in [-0.2, 0) is 6.54 Å². The van der Waals surface area contributed by atoms with Gasteiger partial charge in [0.05, 0.1) is 30.4 Å². The third kappa shape index (κ3) is 2.77. The smallest absolute Gasteiger partial charge is 0.287 e. The molecule has 0 atom stereocenters. The molecular formula is C13H9Cl2N3O2. The number of benzene rings is 1. The molecule has 0 fully saturated rings. The van der Waals surface area contributed by atoms with Crippen LogP contribution < -0.4 is 10.3 Å². The molecule has 2 aromatic rings. The first-order valence-electron chi connectivity index (χ1n) is 5.55. The quantitative estimate of drug-likeness (QED) is 0.873. The van der Waals surface area contributed by atoms with Crippen LogP contribution in [0.1, 0.15) is 11.1 Å². The first-order valence-corrected chi connectivity index (χ1v) is 6.30. The molecule has 0 N–H and O–H groups in total. The number of rotatable bonds is 3. The molecule has 1 aromatic heterocycles. The summed E-state index contributed by atoms with van der Waals surface area (Å²) < 4.78 is 6.30. The summed E-state index contributed by atoms with van der Waals surface area (Å²) in [6.45, 7) is 0.206. The highest BCUT2D eigenvalue weighted by Gasteiger charge is 2.09. The fourth-order valence-corrected chi connectivity index (χ4v) is 1.93. The highest BCUT2D eigenvalue weighted by molar-refractivity contribution is 6.41. The molecule has 1 heterocycles. The van der Waals surface area contributed by atoms with Gasteiger partial charge < -0.3 is 4.74 Å². The van der Waals surface area contributed by atoms with Gasteiger partial charge in [0.2, 0.25) is 0 Å². The lowest BCUT2D eigenvalue weighted by atomic mass is 10.1. The molecule has 0 unspecified atom stereocenters. The lowest BCUT2D eigenvalue weighted by molar-refractivity contribution is 0.412. The molecule has 0 amide bonds. The van der Waals surface area contributed by atoms with Gasteiger partial charge in [-0.25, -0.2) is 4.68 Å². The molecule has 0 aliphatic rings. The summed E-state index contributed by atoms with van der Waals surface area (Å²) in [6, 6.07) is 7.04. The maximum absolute atomic E-state index is 11.9. The van der Waals surface area contributed by atoms with Crippen LogP contribution in [0.15, 0.2) is 29.2 Å². The van der Waals surface area contributed by atoms with Crippen LogP contribution in [0.4, 0.5) is 0 Å². The Morgan fingerprint density at radius 3 is 2.85 bits per heavy atom. The summed E-state index contributed by atoms with van der Waals surface area (Å²) in [6.07, 6.45) is 1.31. The molecule has 7 heteroatoms. The van der Waals surface area contributed by atoms with E-state index in [1.54, 1.807) is 18.2 Å². The normalized spacial score (nSPS) is 10.1. The molecule has 0 aliphatic heterocycles. The standard InChI is InChI=1S/C13H9Cl2N3O2/c1-20-11-4-8(2-3-9(11)5-16)7-18-13(19)12(15)10(14)6-17-18/h2-4,6H,7H2,1H3. The van der Waals surface area contributed by atoms with Crippen LogP contribution >= 0.6 is 23.2 Å². The second kappa shape index (κ2) is 5.95. The number of nitriles is 1. The zero-order valence-electron chi connectivity index (χ0n) is 10.4.